The Kier molecular flexibility index (Phi) is 6.43. The normalized spacial score (nSPS) is 10.9. The number of nitrogens with zero attached hydrogens (tertiary/aromatic N) is 4. The first-order valence-corrected chi connectivity index (χ1v) is 10.3. The number of rotatable bonds is 7. The van der Waals surface area contributed by atoms with Crippen molar-refractivity contribution >= 4 is 34.9 Å². The Balaban J connectivity index is 1.39. The van der Waals surface area contributed by atoms with Gasteiger partial charge in [-0.1, -0.05) is 41.4 Å². The van der Waals surface area contributed by atoms with Crippen LogP contribution in [-0.4, -0.2) is 25.5 Å². The molecule has 0 atom stereocenters. The van der Waals surface area contributed by atoms with Gasteiger partial charge in [-0.3, -0.25) is 9.48 Å². The fourth-order valence-electron chi connectivity index (χ4n) is 2.97. The highest BCUT2D eigenvalue weighted by Gasteiger charge is 2.15. The first-order chi connectivity index (χ1) is 15.4. The fraction of sp³-hybridized carbons (Fsp3) is 0.136. The highest BCUT2D eigenvalue weighted by molar-refractivity contribution is 6.33. The van der Waals surface area contributed by atoms with Gasteiger partial charge in [-0.2, -0.15) is 10.2 Å². The van der Waals surface area contributed by atoms with Crippen molar-refractivity contribution in [3.63, 3.8) is 0 Å². The van der Waals surface area contributed by atoms with Crippen LogP contribution >= 0.6 is 23.2 Å². The minimum Gasteiger partial charge on any atom is -0.470 e. The SMILES string of the molecule is Cc1ccc(Cl)c(OCn2ccc(C(=O)Nc3nn(Cc4cccc(F)c4)cc3Cl)n2)c1. The number of amides is 1. The molecule has 32 heavy (non-hydrogen) atoms. The predicted octanol–water partition coefficient (Wildman–Crippen LogP) is 5.17. The Labute approximate surface area is 193 Å². The number of carbonyl (C=O) groups is 1. The molecule has 0 aliphatic carbocycles. The molecule has 164 valence electrons. The molecule has 2 aromatic heterocycles. The van der Waals surface area contributed by atoms with Crippen LogP contribution in [0.15, 0.2) is 60.9 Å². The zero-order chi connectivity index (χ0) is 22.7. The van der Waals surface area contributed by atoms with Crippen LogP contribution in [0.1, 0.15) is 21.6 Å². The molecule has 0 saturated heterocycles. The molecule has 4 aromatic rings. The van der Waals surface area contributed by atoms with Crippen molar-refractivity contribution in [1.82, 2.24) is 19.6 Å². The van der Waals surface area contributed by atoms with Crippen LogP contribution < -0.4 is 10.1 Å². The summed E-state index contributed by atoms with van der Waals surface area (Å²) in [4.78, 5) is 12.6. The van der Waals surface area contributed by atoms with Crippen LogP contribution in [0.3, 0.4) is 0 Å². The number of carbonyl (C=O) groups excluding carboxylic acids is 1. The molecule has 0 spiro atoms. The quantitative estimate of drug-likeness (QED) is 0.401. The van der Waals surface area contributed by atoms with E-state index >= 15 is 0 Å². The number of nitrogens with one attached hydrogen (secondary N) is 1. The Morgan fingerprint density at radius 1 is 1.09 bits per heavy atom. The second-order valence-electron chi connectivity index (χ2n) is 7.06. The molecule has 7 nitrogen and oxygen atoms in total. The van der Waals surface area contributed by atoms with Gasteiger partial charge in [0.15, 0.2) is 18.2 Å². The van der Waals surface area contributed by atoms with Crippen LogP contribution in [0.25, 0.3) is 0 Å². The molecule has 0 bridgehead atoms. The first kappa shape index (κ1) is 21.9. The maximum atomic E-state index is 13.4. The van der Waals surface area contributed by atoms with Crippen LogP contribution in [-0.2, 0) is 13.3 Å². The van der Waals surface area contributed by atoms with Crippen molar-refractivity contribution in [3.05, 3.63) is 93.6 Å². The van der Waals surface area contributed by atoms with Gasteiger partial charge in [0.1, 0.15) is 16.6 Å². The lowest BCUT2D eigenvalue weighted by molar-refractivity contribution is 0.101. The summed E-state index contributed by atoms with van der Waals surface area (Å²) in [5.41, 5.74) is 1.90. The molecule has 0 radical (unpaired) electrons. The highest BCUT2D eigenvalue weighted by atomic mass is 35.5. The maximum Gasteiger partial charge on any atom is 0.277 e. The number of hydrogen-bond donors (Lipinski definition) is 1. The molecule has 0 fully saturated rings. The van der Waals surface area contributed by atoms with Crippen molar-refractivity contribution in [2.24, 2.45) is 0 Å². The fourth-order valence-corrected chi connectivity index (χ4v) is 3.34. The molecular formula is C22H18Cl2FN5O2. The zero-order valence-electron chi connectivity index (χ0n) is 16.9. The standard InChI is InChI=1S/C22H18Cl2FN5O2/c1-14-5-6-17(23)20(9-14)32-13-29-8-7-19(27-29)22(31)26-21-18(24)12-30(28-21)11-15-3-2-4-16(25)10-15/h2-10,12H,11,13H2,1H3,(H,26,28,31). The van der Waals surface area contributed by atoms with Gasteiger partial charge >= 0.3 is 0 Å². The Bertz CT molecular complexity index is 1270. The molecule has 2 aromatic carbocycles. The third-order valence-electron chi connectivity index (χ3n) is 4.49. The van der Waals surface area contributed by atoms with Gasteiger partial charge in [0.25, 0.3) is 5.91 Å². The number of anilines is 1. The van der Waals surface area contributed by atoms with Crippen LogP contribution in [0.5, 0.6) is 5.75 Å². The van der Waals surface area contributed by atoms with Crippen molar-refractivity contribution in [1.29, 1.82) is 0 Å². The highest BCUT2D eigenvalue weighted by Crippen LogP contribution is 2.25. The second-order valence-corrected chi connectivity index (χ2v) is 7.87. The smallest absolute Gasteiger partial charge is 0.277 e. The second kappa shape index (κ2) is 9.42. The molecule has 2 heterocycles. The van der Waals surface area contributed by atoms with Crippen molar-refractivity contribution in [2.45, 2.75) is 20.2 Å². The number of aromatic nitrogens is 4. The largest absolute Gasteiger partial charge is 0.470 e. The lowest BCUT2D eigenvalue weighted by Gasteiger charge is -2.08. The van der Waals surface area contributed by atoms with E-state index in [1.165, 1.54) is 21.5 Å². The monoisotopic (exact) mass is 473 g/mol. The van der Waals surface area contributed by atoms with E-state index < -0.39 is 5.91 Å². The average Bonchev–Trinajstić information content (AvgIpc) is 3.35. The lowest BCUT2D eigenvalue weighted by Crippen LogP contribution is -2.15. The molecule has 0 unspecified atom stereocenters. The van der Waals surface area contributed by atoms with Crippen LogP contribution in [0.4, 0.5) is 10.2 Å². The summed E-state index contributed by atoms with van der Waals surface area (Å²) in [5.74, 6) is -0.0945. The molecule has 0 saturated carbocycles. The van der Waals surface area contributed by atoms with E-state index in [4.69, 9.17) is 27.9 Å². The number of hydrogen-bond acceptors (Lipinski definition) is 4. The summed E-state index contributed by atoms with van der Waals surface area (Å²) >= 11 is 12.3. The van der Waals surface area contributed by atoms with E-state index in [1.807, 2.05) is 19.1 Å². The molecule has 1 N–H and O–H groups in total. The minimum atomic E-state index is -0.477. The van der Waals surface area contributed by atoms with Gasteiger partial charge in [-0.05, 0) is 48.4 Å². The summed E-state index contributed by atoms with van der Waals surface area (Å²) in [6.07, 6.45) is 3.17. The van der Waals surface area contributed by atoms with E-state index in [0.29, 0.717) is 17.3 Å². The van der Waals surface area contributed by atoms with Gasteiger partial charge in [-0.25, -0.2) is 9.07 Å². The molecule has 0 aliphatic heterocycles. The summed E-state index contributed by atoms with van der Waals surface area (Å²) < 4.78 is 22.0. The lowest BCUT2D eigenvalue weighted by atomic mass is 10.2. The first-order valence-electron chi connectivity index (χ1n) is 9.58. The molecule has 1 amide bonds. The van der Waals surface area contributed by atoms with Crippen molar-refractivity contribution in [2.75, 3.05) is 5.32 Å². The van der Waals surface area contributed by atoms with Crippen LogP contribution in [0, 0.1) is 12.7 Å². The van der Waals surface area contributed by atoms with E-state index in [2.05, 4.69) is 15.5 Å². The van der Waals surface area contributed by atoms with Gasteiger partial charge in [0.05, 0.1) is 11.6 Å². The topological polar surface area (TPSA) is 74.0 Å². The number of halogens is 3. The molecule has 10 heteroatoms. The number of aryl methyl sites for hydroxylation is 1. The number of benzene rings is 2. The predicted molar refractivity (Wildman–Crippen MR) is 120 cm³/mol. The summed E-state index contributed by atoms with van der Waals surface area (Å²) in [6, 6.07) is 13.2. The Hall–Kier alpha value is -3.36. The van der Waals surface area contributed by atoms with E-state index in [0.717, 1.165) is 11.1 Å². The van der Waals surface area contributed by atoms with E-state index in [9.17, 15) is 9.18 Å². The van der Waals surface area contributed by atoms with Crippen LogP contribution in [0.2, 0.25) is 10.0 Å². The van der Waals surface area contributed by atoms with Crippen molar-refractivity contribution < 1.29 is 13.9 Å². The van der Waals surface area contributed by atoms with Gasteiger partial charge in [-0.15, -0.1) is 0 Å². The zero-order valence-corrected chi connectivity index (χ0v) is 18.4. The van der Waals surface area contributed by atoms with Gasteiger partial charge < -0.3 is 10.1 Å². The van der Waals surface area contributed by atoms with Crippen molar-refractivity contribution in [3.8, 4) is 5.75 Å². The van der Waals surface area contributed by atoms with E-state index in [-0.39, 0.29) is 29.1 Å². The summed E-state index contributed by atoms with van der Waals surface area (Å²) in [6.45, 7) is 2.32. The Morgan fingerprint density at radius 3 is 2.75 bits per heavy atom. The van der Waals surface area contributed by atoms with Gasteiger partial charge in [0.2, 0.25) is 0 Å². The van der Waals surface area contributed by atoms with Gasteiger partial charge in [0, 0.05) is 12.4 Å². The summed E-state index contributed by atoms with van der Waals surface area (Å²) in [7, 11) is 0. The Morgan fingerprint density at radius 2 is 1.94 bits per heavy atom. The van der Waals surface area contributed by atoms with E-state index in [1.54, 1.807) is 36.7 Å². The third kappa shape index (κ3) is 5.27. The minimum absolute atomic E-state index is 0.0828. The number of ether oxygens (including phenoxy) is 1. The molecule has 4 rings (SSSR count). The summed E-state index contributed by atoms with van der Waals surface area (Å²) in [5, 5.41) is 11.8. The molecule has 0 aliphatic rings. The molecular weight excluding hydrogens is 456 g/mol. The third-order valence-corrected chi connectivity index (χ3v) is 5.08. The average molecular weight is 474 g/mol. The maximum absolute atomic E-state index is 13.4.